The fourth-order valence-electron chi connectivity index (χ4n) is 9.49. The number of aliphatic hydroxyl groups excluding tert-OH is 2. The highest BCUT2D eigenvalue weighted by molar-refractivity contribution is 5.66. The van der Waals surface area contributed by atoms with Gasteiger partial charge >= 0.3 is 5.97 Å². The number of aliphatic carboxylic acids is 1. The van der Waals surface area contributed by atoms with E-state index < -0.39 is 18.2 Å². The summed E-state index contributed by atoms with van der Waals surface area (Å²) in [5.41, 5.74) is -0.0254. The Morgan fingerprint density at radius 3 is 2.42 bits per heavy atom. The van der Waals surface area contributed by atoms with Gasteiger partial charge in [-0.2, -0.15) is 0 Å². The molecule has 31 heavy (non-hydrogen) atoms. The number of halogens is 1. The van der Waals surface area contributed by atoms with Crippen LogP contribution in [-0.4, -0.2) is 39.7 Å². The maximum absolute atomic E-state index is 14.8. The number of alkyl halides is 1. The van der Waals surface area contributed by atoms with Crippen molar-refractivity contribution in [1.82, 2.24) is 0 Å². The summed E-state index contributed by atoms with van der Waals surface area (Å²) < 4.78 is 14.8. The third-order valence-electron chi connectivity index (χ3n) is 11.0. The first kappa shape index (κ1) is 23.5. The largest absolute Gasteiger partial charge is 0.481 e. The fraction of sp³-hybridized carbons (Fsp3) is 0.962. The van der Waals surface area contributed by atoms with Gasteiger partial charge in [-0.25, -0.2) is 4.39 Å². The van der Waals surface area contributed by atoms with E-state index in [1.165, 1.54) is 0 Å². The van der Waals surface area contributed by atoms with E-state index >= 15 is 0 Å². The average Bonchev–Trinajstić information content (AvgIpc) is 3.06. The highest BCUT2D eigenvalue weighted by Crippen LogP contribution is 2.69. The SMILES string of the molecule is CC[C@H]1[C@@H](O)[C@@H]2[C@H](CC[C@]3(C)[C@@H]([C@H](C)CCC(=O)O)CC[C@@H]23)[C@@]2(C)C[C@H](F)[C@@H](O)C[C@@H]12. The number of carbonyl (C=O) groups is 1. The molecule has 4 rings (SSSR count). The second-order valence-electron chi connectivity index (χ2n) is 12.1. The van der Waals surface area contributed by atoms with Crippen molar-refractivity contribution in [2.75, 3.05) is 0 Å². The first-order valence-electron chi connectivity index (χ1n) is 12.8. The van der Waals surface area contributed by atoms with Crippen molar-refractivity contribution in [2.24, 2.45) is 52.3 Å². The van der Waals surface area contributed by atoms with Crippen LogP contribution in [0.2, 0.25) is 0 Å². The molecule has 4 nitrogen and oxygen atoms in total. The number of hydrogen-bond acceptors (Lipinski definition) is 3. The van der Waals surface area contributed by atoms with Crippen LogP contribution >= 0.6 is 0 Å². The van der Waals surface area contributed by atoms with Crippen LogP contribution in [-0.2, 0) is 4.79 Å². The third kappa shape index (κ3) is 3.57. The van der Waals surface area contributed by atoms with E-state index in [-0.39, 0.29) is 41.1 Å². The minimum atomic E-state index is -1.16. The zero-order valence-corrected chi connectivity index (χ0v) is 19.8. The fourth-order valence-corrected chi connectivity index (χ4v) is 9.49. The molecule has 0 unspecified atom stereocenters. The smallest absolute Gasteiger partial charge is 0.303 e. The van der Waals surface area contributed by atoms with Crippen LogP contribution in [0.5, 0.6) is 0 Å². The number of hydrogen-bond donors (Lipinski definition) is 3. The van der Waals surface area contributed by atoms with E-state index in [0.29, 0.717) is 36.5 Å². The van der Waals surface area contributed by atoms with Crippen LogP contribution in [0.15, 0.2) is 0 Å². The molecule has 0 amide bonds. The Hall–Kier alpha value is -0.680. The maximum atomic E-state index is 14.8. The predicted molar refractivity (Wildman–Crippen MR) is 118 cm³/mol. The molecule has 0 spiro atoms. The monoisotopic (exact) mass is 438 g/mol. The lowest BCUT2D eigenvalue weighted by Crippen LogP contribution is -2.63. The molecule has 3 N–H and O–H groups in total. The zero-order chi connectivity index (χ0) is 22.7. The minimum Gasteiger partial charge on any atom is -0.481 e. The predicted octanol–water partition coefficient (Wildman–Crippen LogP) is 5.06. The average molecular weight is 439 g/mol. The van der Waals surface area contributed by atoms with E-state index in [2.05, 4.69) is 27.7 Å². The van der Waals surface area contributed by atoms with Gasteiger partial charge in [-0.3, -0.25) is 4.79 Å². The van der Waals surface area contributed by atoms with Crippen LogP contribution in [0, 0.1) is 52.3 Å². The van der Waals surface area contributed by atoms with Gasteiger partial charge in [0.05, 0.1) is 12.2 Å². The highest BCUT2D eigenvalue weighted by atomic mass is 19.1. The van der Waals surface area contributed by atoms with Crippen molar-refractivity contribution in [2.45, 2.75) is 104 Å². The van der Waals surface area contributed by atoms with Gasteiger partial charge in [0, 0.05) is 6.42 Å². The molecule has 178 valence electrons. The molecule has 4 aliphatic rings. The Kier molecular flexibility index (Phi) is 6.26. The van der Waals surface area contributed by atoms with E-state index in [0.717, 1.165) is 38.5 Å². The molecule has 12 atom stereocenters. The highest BCUT2D eigenvalue weighted by Gasteiger charge is 2.65. The van der Waals surface area contributed by atoms with Crippen LogP contribution in [0.25, 0.3) is 0 Å². The van der Waals surface area contributed by atoms with Crippen molar-refractivity contribution >= 4 is 5.97 Å². The van der Waals surface area contributed by atoms with Gasteiger partial charge in [0.1, 0.15) is 6.17 Å². The van der Waals surface area contributed by atoms with Gasteiger partial charge in [-0.15, -0.1) is 0 Å². The summed E-state index contributed by atoms with van der Waals surface area (Å²) in [6.07, 6.45) is 4.60. The summed E-state index contributed by atoms with van der Waals surface area (Å²) in [6.45, 7) is 9.00. The van der Waals surface area contributed by atoms with Crippen LogP contribution in [0.4, 0.5) is 4.39 Å². The Labute approximate surface area is 187 Å². The summed E-state index contributed by atoms with van der Waals surface area (Å²) in [5, 5.41) is 31.1. The number of carboxylic acids is 1. The molecule has 0 aromatic carbocycles. The van der Waals surface area contributed by atoms with Crippen molar-refractivity contribution < 1.29 is 24.5 Å². The van der Waals surface area contributed by atoms with Gasteiger partial charge in [0.2, 0.25) is 0 Å². The molecular weight excluding hydrogens is 395 g/mol. The van der Waals surface area contributed by atoms with Crippen LogP contribution in [0.1, 0.15) is 85.5 Å². The van der Waals surface area contributed by atoms with Gasteiger partial charge in [0.25, 0.3) is 0 Å². The Morgan fingerprint density at radius 2 is 1.77 bits per heavy atom. The molecule has 0 aromatic rings. The summed E-state index contributed by atoms with van der Waals surface area (Å²) in [7, 11) is 0. The van der Waals surface area contributed by atoms with Crippen molar-refractivity contribution in [3.8, 4) is 0 Å². The number of carboxylic acid groups (broad SMARTS) is 1. The molecule has 4 aliphatic carbocycles. The van der Waals surface area contributed by atoms with Gasteiger partial charge < -0.3 is 15.3 Å². The quantitative estimate of drug-likeness (QED) is 0.560. The van der Waals surface area contributed by atoms with Gasteiger partial charge in [-0.1, -0.05) is 34.1 Å². The number of rotatable bonds is 5. The molecule has 0 aliphatic heterocycles. The van der Waals surface area contributed by atoms with Crippen molar-refractivity contribution in [1.29, 1.82) is 0 Å². The first-order chi connectivity index (χ1) is 14.5. The van der Waals surface area contributed by atoms with Crippen LogP contribution in [0.3, 0.4) is 0 Å². The standard InChI is InChI=1S/C26H43FO4/c1-5-15-19-12-21(28)20(27)13-26(19,4)18-10-11-25(3)16(14(2)6-9-22(29)30)7-8-17(25)23(18)24(15)31/h14-21,23-24,28,31H,5-13H2,1-4H3,(H,29,30)/t14-,15-,16-,17+,18+,19+,20+,21+,23+,24-,25-,26-/m1/s1. The van der Waals surface area contributed by atoms with E-state index in [1.807, 2.05) is 0 Å². The molecule has 5 heteroatoms. The lowest BCUT2D eigenvalue weighted by Gasteiger charge is -2.65. The zero-order valence-electron chi connectivity index (χ0n) is 19.8. The van der Waals surface area contributed by atoms with Gasteiger partial charge in [0.15, 0.2) is 0 Å². The first-order valence-corrected chi connectivity index (χ1v) is 12.8. The lowest BCUT2D eigenvalue weighted by atomic mass is 9.41. The van der Waals surface area contributed by atoms with Gasteiger partial charge in [-0.05, 0) is 97.2 Å². The molecule has 0 saturated heterocycles. The maximum Gasteiger partial charge on any atom is 0.303 e. The number of fused-ring (bicyclic) bond motifs is 5. The van der Waals surface area contributed by atoms with Crippen LogP contribution < -0.4 is 0 Å². The topological polar surface area (TPSA) is 77.8 Å². The van der Waals surface area contributed by atoms with Crippen molar-refractivity contribution in [3.05, 3.63) is 0 Å². The molecular formula is C26H43FO4. The Balaban J connectivity index is 1.63. The molecule has 0 radical (unpaired) electrons. The lowest BCUT2D eigenvalue weighted by molar-refractivity contribution is -0.213. The van der Waals surface area contributed by atoms with E-state index in [4.69, 9.17) is 5.11 Å². The molecule has 4 fully saturated rings. The molecule has 0 aromatic heterocycles. The normalized spacial score (nSPS) is 52.7. The second kappa shape index (κ2) is 8.27. The third-order valence-corrected chi connectivity index (χ3v) is 11.0. The second-order valence-corrected chi connectivity index (χ2v) is 12.1. The van der Waals surface area contributed by atoms with E-state index in [9.17, 15) is 19.4 Å². The molecule has 0 bridgehead atoms. The summed E-state index contributed by atoms with van der Waals surface area (Å²) in [4.78, 5) is 11.1. The Bertz CT molecular complexity index is 684. The molecule has 4 saturated carbocycles. The molecule has 0 heterocycles. The van der Waals surface area contributed by atoms with Crippen molar-refractivity contribution in [3.63, 3.8) is 0 Å². The summed E-state index contributed by atoms with van der Waals surface area (Å²) in [5.74, 6) is 1.40. The van der Waals surface area contributed by atoms with E-state index in [1.54, 1.807) is 0 Å². The minimum absolute atomic E-state index is 0.124. The summed E-state index contributed by atoms with van der Waals surface area (Å²) in [6, 6.07) is 0. The summed E-state index contributed by atoms with van der Waals surface area (Å²) >= 11 is 0. The number of aliphatic hydroxyl groups is 2. The Morgan fingerprint density at radius 1 is 1.10 bits per heavy atom.